The van der Waals surface area contributed by atoms with E-state index in [1.165, 1.54) is 0 Å². The summed E-state index contributed by atoms with van der Waals surface area (Å²) in [5, 5.41) is 0. The number of ether oxygens (including phenoxy) is 2. The lowest BCUT2D eigenvalue weighted by atomic mass is 10.1. The molecule has 1 fully saturated rings. The predicted octanol–water partition coefficient (Wildman–Crippen LogP) is 1.86. The monoisotopic (exact) mass is 357 g/mol. The second kappa shape index (κ2) is 7.47. The number of rotatable bonds is 4. The lowest BCUT2D eigenvalue weighted by Crippen LogP contribution is -2.39. The number of carbonyl (C=O) groups is 1. The highest BCUT2D eigenvalue weighted by atomic mass is 16.5. The van der Waals surface area contributed by atoms with Crippen LogP contribution in [0.2, 0.25) is 0 Å². The Bertz CT molecular complexity index is 783. The molecule has 0 saturated carbocycles. The summed E-state index contributed by atoms with van der Waals surface area (Å²) in [6, 6.07) is 7.81. The molecule has 0 spiro atoms. The van der Waals surface area contributed by atoms with Crippen LogP contribution in [0, 0.1) is 0 Å². The van der Waals surface area contributed by atoms with Gasteiger partial charge < -0.3 is 23.7 Å². The Labute approximate surface area is 152 Å². The van der Waals surface area contributed by atoms with Crippen LogP contribution in [0.4, 0.5) is 5.69 Å². The van der Waals surface area contributed by atoms with Crippen molar-refractivity contribution in [1.82, 2.24) is 9.88 Å². The Morgan fingerprint density at radius 1 is 1.23 bits per heavy atom. The summed E-state index contributed by atoms with van der Waals surface area (Å²) in [7, 11) is 1.61. The van der Waals surface area contributed by atoms with Gasteiger partial charge in [0.15, 0.2) is 0 Å². The van der Waals surface area contributed by atoms with Gasteiger partial charge in [-0.2, -0.15) is 0 Å². The zero-order chi connectivity index (χ0) is 17.9. The average Bonchev–Trinajstić information content (AvgIpc) is 3.10. The van der Waals surface area contributed by atoms with E-state index >= 15 is 0 Å². The summed E-state index contributed by atoms with van der Waals surface area (Å²) in [6.07, 6.45) is 0.678. The zero-order valence-corrected chi connectivity index (χ0v) is 14.9. The summed E-state index contributed by atoms with van der Waals surface area (Å²) in [5.41, 5.74) is 2.55. The number of aromatic nitrogens is 1. The molecule has 3 heterocycles. The first-order chi connectivity index (χ1) is 12.8. The molecular weight excluding hydrogens is 334 g/mol. The van der Waals surface area contributed by atoms with Gasteiger partial charge in [0, 0.05) is 38.9 Å². The Morgan fingerprint density at radius 2 is 2.04 bits per heavy atom. The molecule has 0 N–H and O–H groups in total. The molecule has 138 valence electrons. The van der Waals surface area contributed by atoms with Crippen LogP contribution in [0.25, 0.3) is 0 Å². The second-order valence-corrected chi connectivity index (χ2v) is 6.50. The van der Waals surface area contributed by atoms with Crippen molar-refractivity contribution in [3.63, 3.8) is 0 Å². The Kier molecular flexibility index (Phi) is 4.90. The fourth-order valence-corrected chi connectivity index (χ4v) is 3.52. The fourth-order valence-electron chi connectivity index (χ4n) is 3.52. The number of hydrogen-bond acceptors (Lipinski definition) is 6. The number of nitrogens with zero attached hydrogens (tertiary/aromatic N) is 3. The van der Waals surface area contributed by atoms with E-state index < -0.39 is 0 Å². The maximum atomic E-state index is 13.2. The van der Waals surface area contributed by atoms with Crippen molar-refractivity contribution in [3.8, 4) is 0 Å². The normalized spacial score (nSPS) is 17.3. The Balaban J connectivity index is 1.54. The van der Waals surface area contributed by atoms with Crippen LogP contribution in [0.3, 0.4) is 0 Å². The standard InChI is InChI=1S/C19H23N3O4/c1-24-13-18-20-15-12-22(7-6-17(15)26-18)19(23)14-4-2-3-5-16(14)21-8-10-25-11-9-21/h2-5H,6-13H2,1H3. The third-order valence-corrected chi connectivity index (χ3v) is 4.81. The highest BCUT2D eigenvalue weighted by Crippen LogP contribution is 2.26. The molecule has 4 rings (SSSR count). The van der Waals surface area contributed by atoms with Gasteiger partial charge in [-0.25, -0.2) is 4.98 Å². The van der Waals surface area contributed by atoms with Crippen molar-refractivity contribution < 1.29 is 18.7 Å². The number of amides is 1. The summed E-state index contributed by atoms with van der Waals surface area (Å²) in [4.78, 5) is 21.7. The average molecular weight is 357 g/mol. The maximum absolute atomic E-state index is 13.2. The number of anilines is 1. The van der Waals surface area contributed by atoms with E-state index in [-0.39, 0.29) is 5.91 Å². The Morgan fingerprint density at radius 3 is 2.85 bits per heavy atom. The zero-order valence-electron chi connectivity index (χ0n) is 14.9. The first-order valence-corrected chi connectivity index (χ1v) is 8.93. The lowest BCUT2D eigenvalue weighted by Gasteiger charge is -2.32. The van der Waals surface area contributed by atoms with Crippen molar-refractivity contribution in [2.24, 2.45) is 0 Å². The first kappa shape index (κ1) is 17.1. The van der Waals surface area contributed by atoms with Crippen LogP contribution < -0.4 is 4.90 Å². The van der Waals surface area contributed by atoms with Gasteiger partial charge in [-0.05, 0) is 12.1 Å². The van der Waals surface area contributed by atoms with Gasteiger partial charge in [0.2, 0.25) is 5.89 Å². The molecule has 0 radical (unpaired) electrons. The number of benzene rings is 1. The second-order valence-electron chi connectivity index (χ2n) is 6.50. The van der Waals surface area contributed by atoms with E-state index in [0.29, 0.717) is 45.2 Å². The lowest BCUT2D eigenvalue weighted by molar-refractivity contribution is 0.0727. The summed E-state index contributed by atoms with van der Waals surface area (Å²) in [6.45, 7) is 4.44. The van der Waals surface area contributed by atoms with Gasteiger partial charge in [0.25, 0.3) is 5.91 Å². The van der Waals surface area contributed by atoms with Gasteiger partial charge in [0.1, 0.15) is 18.1 Å². The van der Waals surface area contributed by atoms with E-state index in [1.807, 2.05) is 29.2 Å². The first-order valence-electron chi connectivity index (χ1n) is 8.93. The van der Waals surface area contributed by atoms with Crippen LogP contribution in [-0.4, -0.2) is 55.7 Å². The van der Waals surface area contributed by atoms with Crippen molar-refractivity contribution in [2.45, 2.75) is 19.6 Å². The number of hydrogen-bond donors (Lipinski definition) is 0. The SMILES string of the molecule is COCc1nc2c(o1)CCN(C(=O)c1ccccc1N1CCOCC1)C2. The van der Waals surface area contributed by atoms with Gasteiger partial charge in [-0.3, -0.25) is 4.79 Å². The molecule has 0 bridgehead atoms. The van der Waals surface area contributed by atoms with Crippen molar-refractivity contribution in [2.75, 3.05) is 44.9 Å². The van der Waals surface area contributed by atoms with Crippen molar-refractivity contribution in [1.29, 1.82) is 0 Å². The molecule has 1 saturated heterocycles. The fraction of sp³-hybridized carbons (Fsp3) is 0.474. The van der Waals surface area contributed by atoms with Gasteiger partial charge in [-0.1, -0.05) is 12.1 Å². The Hall–Kier alpha value is -2.38. The van der Waals surface area contributed by atoms with Gasteiger partial charge in [-0.15, -0.1) is 0 Å². The molecule has 1 aromatic heterocycles. The number of para-hydroxylation sites is 1. The summed E-state index contributed by atoms with van der Waals surface area (Å²) in [5.74, 6) is 1.47. The van der Waals surface area contributed by atoms with Gasteiger partial charge in [0.05, 0.1) is 25.3 Å². The van der Waals surface area contributed by atoms with Crippen LogP contribution in [0.5, 0.6) is 0 Å². The molecule has 2 aromatic rings. The molecule has 1 amide bonds. The van der Waals surface area contributed by atoms with E-state index in [4.69, 9.17) is 13.9 Å². The summed E-state index contributed by atoms with van der Waals surface area (Å²) >= 11 is 0. The molecule has 26 heavy (non-hydrogen) atoms. The van der Waals surface area contributed by atoms with Crippen LogP contribution in [0.15, 0.2) is 28.7 Å². The molecule has 0 atom stereocenters. The number of fused-ring (bicyclic) bond motifs is 1. The minimum atomic E-state index is 0.0361. The van der Waals surface area contributed by atoms with Crippen molar-refractivity contribution in [3.05, 3.63) is 47.2 Å². The smallest absolute Gasteiger partial charge is 0.256 e. The summed E-state index contributed by atoms with van der Waals surface area (Å²) < 4.78 is 16.2. The quantitative estimate of drug-likeness (QED) is 0.832. The van der Waals surface area contributed by atoms with Crippen LogP contribution in [0.1, 0.15) is 27.7 Å². The molecule has 2 aliphatic heterocycles. The molecule has 0 aliphatic carbocycles. The van der Waals surface area contributed by atoms with Crippen LogP contribution in [-0.2, 0) is 29.0 Å². The molecule has 0 unspecified atom stereocenters. The van der Waals surface area contributed by atoms with E-state index in [1.54, 1.807) is 7.11 Å². The molecule has 2 aliphatic rings. The molecule has 7 heteroatoms. The minimum Gasteiger partial charge on any atom is -0.443 e. The number of methoxy groups -OCH3 is 1. The highest BCUT2D eigenvalue weighted by molar-refractivity contribution is 6.00. The van der Waals surface area contributed by atoms with E-state index in [2.05, 4.69) is 9.88 Å². The highest BCUT2D eigenvalue weighted by Gasteiger charge is 2.28. The molecular formula is C19H23N3O4. The largest absolute Gasteiger partial charge is 0.443 e. The third-order valence-electron chi connectivity index (χ3n) is 4.81. The number of morpholine rings is 1. The van der Waals surface area contributed by atoms with Gasteiger partial charge >= 0.3 is 0 Å². The maximum Gasteiger partial charge on any atom is 0.256 e. The van der Waals surface area contributed by atoms with E-state index in [0.717, 1.165) is 35.8 Å². The van der Waals surface area contributed by atoms with Crippen molar-refractivity contribution >= 4 is 11.6 Å². The predicted molar refractivity (Wildman–Crippen MR) is 95.1 cm³/mol. The third kappa shape index (κ3) is 3.32. The number of carbonyl (C=O) groups excluding carboxylic acids is 1. The topological polar surface area (TPSA) is 68.0 Å². The minimum absolute atomic E-state index is 0.0361. The van der Waals surface area contributed by atoms with Crippen LogP contribution >= 0.6 is 0 Å². The number of oxazole rings is 1. The van der Waals surface area contributed by atoms with E-state index in [9.17, 15) is 4.79 Å². The molecule has 7 nitrogen and oxygen atoms in total. The molecule has 1 aromatic carbocycles.